The van der Waals surface area contributed by atoms with Crippen molar-refractivity contribution in [2.75, 3.05) is 7.11 Å². The van der Waals surface area contributed by atoms with Crippen LogP contribution in [-0.4, -0.2) is 17.3 Å². The number of hydrogen-bond donors (Lipinski definition) is 2. The smallest absolute Gasteiger partial charge is 0.233 e. The molecular formula is C15H20N4O. The van der Waals surface area contributed by atoms with Gasteiger partial charge in [0.2, 0.25) is 5.88 Å². The fraction of sp³-hybridized carbons (Fsp3) is 0.333. The highest BCUT2D eigenvalue weighted by atomic mass is 16.5. The molecule has 1 aromatic heterocycles. The molecule has 0 aliphatic heterocycles. The molecule has 0 aliphatic rings. The molecule has 0 amide bonds. The lowest BCUT2D eigenvalue weighted by Gasteiger charge is -2.16. The Bertz CT molecular complexity index is 548. The van der Waals surface area contributed by atoms with E-state index in [1.165, 1.54) is 16.7 Å². The topological polar surface area (TPSA) is 73.1 Å². The van der Waals surface area contributed by atoms with Gasteiger partial charge in [-0.15, -0.1) is 5.10 Å². The predicted molar refractivity (Wildman–Crippen MR) is 78.3 cm³/mol. The number of rotatable bonds is 5. The Morgan fingerprint density at radius 3 is 2.35 bits per heavy atom. The molecule has 0 bridgehead atoms. The maximum absolute atomic E-state index is 5.65. The van der Waals surface area contributed by atoms with Crippen molar-refractivity contribution in [2.45, 2.75) is 26.3 Å². The van der Waals surface area contributed by atoms with Crippen LogP contribution < -0.4 is 16.0 Å². The van der Waals surface area contributed by atoms with Crippen LogP contribution in [0, 0.1) is 13.8 Å². The van der Waals surface area contributed by atoms with E-state index < -0.39 is 0 Å². The monoisotopic (exact) mass is 272 g/mol. The first-order valence-corrected chi connectivity index (χ1v) is 6.53. The summed E-state index contributed by atoms with van der Waals surface area (Å²) in [4.78, 5) is 0. The van der Waals surface area contributed by atoms with Gasteiger partial charge in [-0.25, -0.2) is 0 Å². The molecule has 3 N–H and O–H groups in total. The Kier molecular flexibility index (Phi) is 4.65. The second kappa shape index (κ2) is 6.45. The van der Waals surface area contributed by atoms with Gasteiger partial charge in [0.1, 0.15) is 0 Å². The molecule has 0 saturated carbocycles. The van der Waals surface area contributed by atoms with E-state index in [9.17, 15) is 0 Å². The summed E-state index contributed by atoms with van der Waals surface area (Å²) in [6.07, 6.45) is 0.764. The number of ether oxygens (including phenoxy) is 1. The Morgan fingerprint density at radius 2 is 1.85 bits per heavy atom. The number of hydrogen-bond acceptors (Lipinski definition) is 5. The van der Waals surface area contributed by atoms with E-state index in [2.05, 4.69) is 47.7 Å². The van der Waals surface area contributed by atoms with Crippen LogP contribution in [-0.2, 0) is 6.42 Å². The second-order valence-electron chi connectivity index (χ2n) is 4.92. The maximum atomic E-state index is 5.65. The number of benzene rings is 1. The van der Waals surface area contributed by atoms with Crippen molar-refractivity contribution < 1.29 is 4.74 Å². The predicted octanol–water partition coefficient (Wildman–Crippen LogP) is 1.85. The number of nitrogens with zero attached hydrogens (tertiary/aromatic N) is 2. The van der Waals surface area contributed by atoms with Crippen LogP contribution >= 0.6 is 0 Å². The van der Waals surface area contributed by atoms with Crippen LogP contribution in [0.2, 0.25) is 0 Å². The Hall–Kier alpha value is -1.98. The summed E-state index contributed by atoms with van der Waals surface area (Å²) in [5, 5.41) is 8.12. The third kappa shape index (κ3) is 3.53. The molecule has 1 unspecified atom stereocenters. The fourth-order valence-electron chi connectivity index (χ4n) is 2.30. The van der Waals surface area contributed by atoms with Gasteiger partial charge >= 0.3 is 0 Å². The molecule has 2 aromatic rings. The number of aryl methyl sites for hydroxylation is 2. The summed E-state index contributed by atoms with van der Waals surface area (Å²) in [5.41, 5.74) is 7.32. The first kappa shape index (κ1) is 14.4. The molecule has 1 atom stereocenters. The van der Waals surface area contributed by atoms with Crippen molar-refractivity contribution in [1.82, 2.24) is 15.6 Å². The minimum Gasteiger partial charge on any atom is -0.480 e. The van der Waals surface area contributed by atoms with Crippen molar-refractivity contribution in [2.24, 2.45) is 5.84 Å². The molecule has 1 aromatic carbocycles. The van der Waals surface area contributed by atoms with Crippen LogP contribution in [0.4, 0.5) is 0 Å². The van der Waals surface area contributed by atoms with Crippen molar-refractivity contribution in [3.8, 4) is 5.88 Å². The fourth-order valence-corrected chi connectivity index (χ4v) is 2.30. The van der Waals surface area contributed by atoms with Gasteiger partial charge in [-0.3, -0.25) is 11.3 Å². The number of nitrogens with two attached hydrogens (primary N) is 1. The molecule has 5 heteroatoms. The van der Waals surface area contributed by atoms with Crippen molar-refractivity contribution in [3.05, 3.63) is 52.7 Å². The average Bonchev–Trinajstić information content (AvgIpc) is 2.44. The van der Waals surface area contributed by atoms with Crippen LogP contribution in [0.15, 0.2) is 30.3 Å². The van der Waals surface area contributed by atoms with Crippen LogP contribution in [0.25, 0.3) is 0 Å². The summed E-state index contributed by atoms with van der Waals surface area (Å²) < 4.78 is 5.01. The lowest BCUT2D eigenvalue weighted by Crippen LogP contribution is -2.30. The van der Waals surface area contributed by atoms with Crippen LogP contribution in [0.1, 0.15) is 28.4 Å². The minimum absolute atomic E-state index is 0.0744. The molecule has 0 aliphatic carbocycles. The Labute approximate surface area is 119 Å². The second-order valence-corrected chi connectivity index (χ2v) is 4.92. The summed E-state index contributed by atoms with van der Waals surface area (Å²) in [7, 11) is 1.57. The zero-order chi connectivity index (χ0) is 14.5. The number of methoxy groups -OCH3 is 1. The molecule has 20 heavy (non-hydrogen) atoms. The molecule has 5 nitrogen and oxygen atoms in total. The van der Waals surface area contributed by atoms with Crippen molar-refractivity contribution in [3.63, 3.8) is 0 Å². The number of hydrazine groups is 1. The van der Waals surface area contributed by atoms with E-state index in [4.69, 9.17) is 10.6 Å². The van der Waals surface area contributed by atoms with Crippen molar-refractivity contribution in [1.29, 1.82) is 0 Å². The quantitative estimate of drug-likeness (QED) is 0.642. The van der Waals surface area contributed by atoms with Crippen LogP contribution in [0.3, 0.4) is 0 Å². The zero-order valence-electron chi connectivity index (χ0n) is 12.1. The lowest BCUT2D eigenvalue weighted by atomic mass is 10.00. The van der Waals surface area contributed by atoms with Gasteiger partial charge in [0, 0.05) is 6.07 Å². The summed E-state index contributed by atoms with van der Waals surface area (Å²) in [6.45, 7) is 4.18. The largest absolute Gasteiger partial charge is 0.480 e. The Morgan fingerprint density at radius 1 is 1.15 bits per heavy atom. The average molecular weight is 272 g/mol. The maximum Gasteiger partial charge on any atom is 0.233 e. The third-order valence-electron chi connectivity index (χ3n) is 3.15. The molecular weight excluding hydrogens is 252 g/mol. The first-order valence-electron chi connectivity index (χ1n) is 6.53. The van der Waals surface area contributed by atoms with E-state index in [0.29, 0.717) is 5.88 Å². The van der Waals surface area contributed by atoms with E-state index in [0.717, 1.165) is 12.1 Å². The highest BCUT2D eigenvalue weighted by Crippen LogP contribution is 2.18. The molecule has 2 rings (SSSR count). The standard InChI is InChI=1S/C15H20N4O/c1-10-6-11(2)8-12(7-10)9-14(17-16)13-4-5-15(20-3)19-18-13/h4-8,14,17H,9,16H2,1-3H3. The SMILES string of the molecule is COc1ccc(C(Cc2cc(C)cc(C)c2)NN)nn1. The molecule has 1 heterocycles. The van der Waals surface area contributed by atoms with Gasteiger partial charge in [0.15, 0.2) is 0 Å². The minimum atomic E-state index is -0.0744. The van der Waals surface area contributed by atoms with E-state index in [1.54, 1.807) is 13.2 Å². The highest BCUT2D eigenvalue weighted by molar-refractivity contribution is 5.30. The van der Waals surface area contributed by atoms with Crippen molar-refractivity contribution >= 4 is 0 Å². The molecule has 0 saturated heterocycles. The summed E-state index contributed by atoms with van der Waals surface area (Å²) >= 11 is 0. The van der Waals surface area contributed by atoms with Crippen LogP contribution in [0.5, 0.6) is 5.88 Å². The summed E-state index contributed by atoms with van der Waals surface area (Å²) in [5.74, 6) is 6.15. The molecule has 0 fully saturated rings. The van der Waals surface area contributed by atoms with Gasteiger partial charge in [-0.2, -0.15) is 5.10 Å². The van der Waals surface area contributed by atoms with E-state index in [1.807, 2.05) is 6.07 Å². The highest BCUT2D eigenvalue weighted by Gasteiger charge is 2.13. The third-order valence-corrected chi connectivity index (χ3v) is 3.15. The molecule has 0 radical (unpaired) electrons. The van der Waals surface area contributed by atoms with Gasteiger partial charge < -0.3 is 4.74 Å². The van der Waals surface area contributed by atoms with Gasteiger partial charge in [0.05, 0.1) is 18.8 Å². The number of aromatic nitrogens is 2. The Balaban J connectivity index is 2.19. The van der Waals surface area contributed by atoms with Gasteiger partial charge in [-0.05, 0) is 31.9 Å². The lowest BCUT2D eigenvalue weighted by molar-refractivity contribution is 0.389. The van der Waals surface area contributed by atoms with E-state index >= 15 is 0 Å². The first-order chi connectivity index (χ1) is 9.62. The van der Waals surface area contributed by atoms with E-state index in [-0.39, 0.29) is 6.04 Å². The van der Waals surface area contributed by atoms with Gasteiger partial charge in [-0.1, -0.05) is 29.3 Å². The normalized spacial score (nSPS) is 12.2. The zero-order valence-corrected chi connectivity index (χ0v) is 12.1. The number of nitrogens with one attached hydrogen (secondary N) is 1. The summed E-state index contributed by atoms with van der Waals surface area (Å²) in [6, 6.07) is 10.1. The van der Waals surface area contributed by atoms with Gasteiger partial charge in [0.25, 0.3) is 0 Å². The molecule has 106 valence electrons. The molecule has 0 spiro atoms.